The zero-order valence-corrected chi connectivity index (χ0v) is 29.0. The predicted molar refractivity (Wildman–Crippen MR) is 217 cm³/mol. The van der Waals surface area contributed by atoms with E-state index in [2.05, 4.69) is 41.0 Å². The van der Waals surface area contributed by atoms with Gasteiger partial charge in [-0.05, 0) is 54.6 Å². The molecule has 4 heterocycles. The van der Waals surface area contributed by atoms with E-state index in [0.29, 0.717) is 39.6 Å². The number of nitrogens with zero attached hydrogens (tertiary/aromatic N) is 5. The molecule has 0 spiro atoms. The molecule has 0 saturated heterocycles. The molecule has 11 aromatic rings. The molecular formula is C48H25N5O2. The number of hydrogen-bond acceptors (Lipinski definition) is 6. The van der Waals surface area contributed by atoms with E-state index in [0.717, 1.165) is 76.8 Å². The molecule has 0 bridgehead atoms. The van der Waals surface area contributed by atoms with Crippen molar-refractivity contribution >= 4 is 65.7 Å². The Kier molecular flexibility index (Phi) is 6.54. The van der Waals surface area contributed by atoms with Gasteiger partial charge in [0, 0.05) is 43.6 Å². The molecule has 0 aliphatic heterocycles. The van der Waals surface area contributed by atoms with Crippen LogP contribution in [-0.2, 0) is 0 Å². The number of aromatic nitrogens is 3. The Morgan fingerprint density at radius 1 is 0.473 bits per heavy atom. The Labute approximate surface area is 313 Å². The maximum absolute atomic E-state index is 10.8. The lowest BCUT2D eigenvalue weighted by atomic mass is 9.98. The Bertz CT molecular complexity index is 3470. The molecule has 0 N–H and O–H groups in total. The highest BCUT2D eigenvalue weighted by atomic mass is 16.3. The van der Waals surface area contributed by atoms with E-state index in [4.69, 9.17) is 18.8 Å². The van der Waals surface area contributed by atoms with Gasteiger partial charge in [0.15, 0.2) is 5.82 Å². The smallest absolute Gasteiger partial charge is 0.160 e. The first-order valence-corrected chi connectivity index (χ1v) is 17.9. The third kappa shape index (κ3) is 4.54. The number of hydrogen-bond donors (Lipinski definition) is 0. The lowest BCUT2D eigenvalue weighted by Gasteiger charge is -2.15. The summed E-state index contributed by atoms with van der Waals surface area (Å²) in [7, 11) is 0. The zero-order chi connectivity index (χ0) is 36.6. The van der Waals surface area contributed by atoms with Crippen LogP contribution in [0.3, 0.4) is 0 Å². The number of fused-ring (bicyclic) bond motifs is 10. The molecule has 0 atom stereocenters. The van der Waals surface area contributed by atoms with Crippen molar-refractivity contribution in [3.63, 3.8) is 0 Å². The minimum Gasteiger partial charge on any atom is -0.456 e. The molecule has 11 rings (SSSR count). The van der Waals surface area contributed by atoms with Crippen LogP contribution in [0, 0.1) is 22.7 Å². The molecule has 0 radical (unpaired) electrons. The molecule has 7 nitrogen and oxygen atoms in total. The van der Waals surface area contributed by atoms with Crippen LogP contribution in [0.1, 0.15) is 11.1 Å². The molecule has 0 saturated carbocycles. The molecule has 0 aliphatic carbocycles. The van der Waals surface area contributed by atoms with Gasteiger partial charge in [-0.1, -0.05) is 97.1 Å². The van der Waals surface area contributed by atoms with Gasteiger partial charge in [0.1, 0.15) is 40.0 Å². The second-order valence-corrected chi connectivity index (χ2v) is 13.5. The van der Waals surface area contributed by atoms with Gasteiger partial charge >= 0.3 is 0 Å². The van der Waals surface area contributed by atoms with Gasteiger partial charge in [0.2, 0.25) is 0 Å². The predicted octanol–water partition coefficient (Wildman–Crippen LogP) is 12.1. The van der Waals surface area contributed by atoms with Crippen molar-refractivity contribution in [3.8, 4) is 51.7 Å². The number of benzene rings is 7. The standard InChI is InChI=1S/C48H25N5O2/c49-26-31-24-29(19-22-38(31)53-39-15-7-4-12-32(39)35-21-23-42-44(47(35)53)36-14-6-9-17-41(36)54-42)46-37(27-50)45(28-10-2-1-3-11-28)51-48(52-46)30-18-20-34-33-13-5-8-16-40(33)55-43(34)25-30/h1-25H. The summed E-state index contributed by atoms with van der Waals surface area (Å²) in [5, 5.41) is 27.7. The quantitative estimate of drug-likeness (QED) is 0.181. The fraction of sp³-hybridized carbons (Fsp3) is 0. The van der Waals surface area contributed by atoms with Gasteiger partial charge in [-0.15, -0.1) is 0 Å². The summed E-state index contributed by atoms with van der Waals surface area (Å²) < 4.78 is 14.7. The van der Waals surface area contributed by atoms with Crippen LogP contribution in [0.4, 0.5) is 0 Å². The molecular weight excluding hydrogens is 679 g/mol. The maximum Gasteiger partial charge on any atom is 0.160 e. The first kappa shape index (κ1) is 30.6. The van der Waals surface area contributed by atoms with E-state index < -0.39 is 0 Å². The monoisotopic (exact) mass is 703 g/mol. The normalized spacial score (nSPS) is 11.6. The van der Waals surface area contributed by atoms with Crippen LogP contribution in [0.2, 0.25) is 0 Å². The zero-order valence-electron chi connectivity index (χ0n) is 29.0. The molecule has 0 aliphatic rings. The van der Waals surface area contributed by atoms with Gasteiger partial charge in [0.05, 0.1) is 39.1 Å². The summed E-state index contributed by atoms with van der Waals surface area (Å²) in [5.41, 5.74) is 9.58. The first-order valence-electron chi connectivity index (χ1n) is 17.9. The van der Waals surface area contributed by atoms with Crippen molar-refractivity contribution in [3.05, 3.63) is 163 Å². The van der Waals surface area contributed by atoms with E-state index >= 15 is 0 Å². The number of furan rings is 2. The van der Waals surface area contributed by atoms with Crippen LogP contribution in [0.5, 0.6) is 0 Å². The van der Waals surface area contributed by atoms with E-state index in [1.165, 1.54) is 0 Å². The van der Waals surface area contributed by atoms with Gasteiger partial charge in [-0.3, -0.25) is 0 Å². The van der Waals surface area contributed by atoms with Crippen LogP contribution in [0.25, 0.3) is 105 Å². The van der Waals surface area contributed by atoms with Crippen molar-refractivity contribution < 1.29 is 8.83 Å². The first-order chi connectivity index (χ1) is 27.2. The molecule has 7 aromatic carbocycles. The molecule has 7 heteroatoms. The van der Waals surface area contributed by atoms with E-state index in [1.807, 2.05) is 127 Å². The van der Waals surface area contributed by atoms with Crippen molar-refractivity contribution in [2.24, 2.45) is 0 Å². The summed E-state index contributed by atoms with van der Waals surface area (Å²) >= 11 is 0. The number of nitriles is 2. The third-order valence-corrected chi connectivity index (χ3v) is 10.5. The number of para-hydroxylation sites is 3. The van der Waals surface area contributed by atoms with Gasteiger partial charge in [0.25, 0.3) is 0 Å². The molecule has 55 heavy (non-hydrogen) atoms. The van der Waals surface area contributed by atoms with E-state index in [9.17, 15) is 10.5 Å². The van der Waals surface area contributed by atoms with Crippen molar-refractivity contribution in [2.45, 2.75) is 0 Å². The molecule has 0 amide bonds. The van der Waals surface area contributed by atoms with Crippen molar-refractivity contribution in [1.29, 1.82) is 10.5 Å². The minimum atomic E-state index is 0.319. The highest BCUT2D eigenvalue weighted by molar-refractivity contribution is 6.24. The summed E-state index contributed by atoms with van der Waals surface area (Å²) in [6, 6.07) is 54.5. The van der Waals surface area contributed by atoms with E-state index in [-0.39, 0.29) is 0 Å². The fourth-order valence-electron chi connectivity index (χ4n) is 8.06. The summed E-state index contributed by atoms with van der Waals surface area (Å²) in [4.78, 5) is 10.1. The highest BCUT2D eigenvalue weighted by Gasteiger charge is 2.23. The van der Waals surface area contributed by atoms with Crippen molar-refractivity contribution in [1.82, 2.24) is 14.5 Å². The summed E-state index contributed by atoms with van der Waals surface area (Å²) in [6.07, 6.45) is 0. The average molecular weight is 704 g/mol. The SMILES string of the molecule is N#Cc1cc(-c2nc(-c3ccc4c(c3)oc3ccccc34)nc(-c3ccccc3)c2C#N)ccc1-n1c2ccccc2c2ccc3oc4ccccc4c3c21. The fourth-order valence-corrected chi connectivity index (χ4v) is 8.06. The van der Waals surface area contributed by atoms with Crippen LogP contribution >= 0.6 is 0 Å². The second-order valence-electron chi connectivity index (χ2n) is 13.5. The van der Waals surface area contributed by atoms with Crippen LogP contribution < -0.4 is 0 Å². The largest absolute Gasteiger partial charge is 0.456 e. The Hall–Kier alpha value is -8.00. The van der Waals surface area contributed by atoms with Crippen LogP contribution in [0.15, 0.2) is 160 Å². The molecule has 0 unspecified atom stereocenters. The lowest BCUT2D eigenvalue weighted by molar-refractivity contribution is 0.668. The molecule has 0 fully saturated rings. The molecule has 254 valence electrons. The Morgan fingerprint density at radius 2 is 1.11 bits per heavy atom. The summed E-state index contributed by atoms with van der Waals surface area (Å²) in [6.45, 7) is 0. The lowest BCUT2D eigenvalue weighted by Crippen LogP contribution is -2.02. The second kappa shape index (κ2) is 11.8. The topological polar surface area (TPSA) is 105 Å². The number of rotatable bonds is 4. The van der Waals surface area contributed by atoms with Gasteiger partial charge in [-0.2, -0.15) is 10.5 Å². The van der Waals surface area contributed by atoms with Crippen LogP contribution in [-0.4, -0.2) is 14.5 Å². The van der Waals surface area contributed by atoms with Gasteiger partial charge in [-0.25, -0.2) is 9.97 Å². The molecule has 4 aromatic heterocycles. The van der Waals surface area contributed by atoms with E-state index in [1.54, 1.807) is 0 Å². The minimum absolute atomic E-state index is 0.319. The maximum atomic E-state index is 10.8. The van der Waals surface area contributed by atoms with Gasteiger partial charge < -0.3 is 13.4 Å². The summed E-state index contributed by atoms with van der Waals surface area (Å²) in [5.74, 6) is 0.439. The third-order valence-electron chi connectivity index (χ3n) is 10.5. The average Bonchev–Trinajstić information content (AvgIpc) is 3.92. The van der Waals surface area contributed by atoms with Crippen molar-refractivity contribution in [2.75, 3.05) is 0 Å². The Balaban J connectivity index is 1.16. The highest BCUT2D eigenvalue weighted by Crippen LogP contribution is 2.42. The Morgan fingerprint density at radius 3 is 1.91 bits per heavy atom.